The van der Waals surface area contributed by atoms with Crippen LogP contribution in [0, 0.1) is 10.1 Å². The Bertz CT molecular complexity index is 1380. The van der Waals surface area contributed by atoms with Crippen LogP contribution in [0.1, 0.15) is 22.5 Å². The molecule has 0 saturated carbocycles. The summed E-state index contributed by atoms with van der Waals surface area (Å²) < 4.78 is 0. The second kappa shape index (κ2) is 9.65. The fourth-order valence-electron chi connectivity index (χ4n) is 3.59. The first-order valence-corrected chi connectivity index (χ1v) is 10.9. The summed E-state index contributed by atoms with van der Waals surface area (Å²) in [5, 5.41) is 24.3. The number of aromatic carboxylic acids is 1. The lowest BCUT2D eigenvalue weighted by Gasteiger charge is -2.24. The van der Waals surface area contributed by atoms with E-state index in [0.29, 0.717) is 29.2 Å². The number of nitro groups is 1. The van der Waals surface area contributed by atoms with Crippen LogP contribution in [0.3, 0.4) is 0 Å². The highest BCUT2D eigenvalue weighted by Gasteiger charge is 2.33. The van der Waals surface area contributed by atoms with Crippen molar-refractivity contribution in [3.63, 3.8) is 0 Å². The first kappa shape index (κ1) is 24.0. The number of carboxylic acids is 1. The number of aromatic nitrogens is 3. The van der Waals surface area contributed by atoms with E-state index in [1.165, 1.54) is 24.4 Å². The molecule has 0 radical (unpaired) electrons. The Morgan fingerprint density at radius 2 is 2.03 bits per heavy atom. The van der Waals surface area contributed by atoms with Crippen LogP contribution >= 0.6 is 23.2 Å². The number of carboxylic acid groups (broad SMARTS) is 1. The van der Waals surface area contributed by atoms with E-state index in [0.717, 1.165) is 0 Å². The van der Waals surface area contributed by atoms with Crippen molar-refractivity contribution in [3.8, 4) is 11.3 Å². The first-order chi connectivity index (χ1) is 16.7. The number of benzene rings is 1. The molecule has 1 unspecified atom stereocenters. The molecule has 0 amide bonds. The number of halogens is 2. The van der Waals surface area contributed by atoms with Crippen molar-refractivity contribution >= 4 is 52.8 Å². The molecule has 13 heteroatoms. The third kappa shape index (κ3) is 4.91. The van der Waals surface area contributed by atoms with E-state index < -0.39 is 16.4 Å². The zero-order valence-corrected chi connectivity index (χ0v) is 19.4. The van der Waals surface area contributed by atoms with Crippen molar-refractivity contribution in [1.29, 1.82) is 0 Å². The molecule has 0 aliphatic carbocycles. The van der Waals surface area contributed by atoms with Crippen LogP contribution in [0.4, 0.5) is 17.5 Å². The summed E-state index contributed by atoms with van der Waals surface area (Å²) >= 11 is 12.2. The number of hydrogen-bond donors (Lipinski definition) is 3. The van der Waals surface area contributed by atoms with Crippen LogP contribution in [0.2, 0.25) is 10.0 Å². The third-order valence-corrected chi connectivity index (χ3v) is 5.85. The van der Waals surface area contributed by atoms with E-state index in [4.69, 9.17) is 28.9 Å². The molecule has 35 heavy (non-hydrogen) atoms. The molecule has 178 valence electrons. The summed E-state index contributed by atoms with van der Waals surface area (Å²) in [7, 11) is 0. The maximum absolute atomic E-state index is 11.7. The first-order valence-electron chi connectivity index (χ1n) is 10.1. The molecule has 4 N–H and O–H groups in total. The third-order valence-electron chi connectivity index (χ3n) is 5.30. The second-order valence-electron chi connectivity index (χ2n) is 7.48. The van der Waals surface area contributed by atoms with Gasteiger partial charge in [-0.1, -0.05) is 23.2 Å². The number of nitrogen functional groups attached to an aromatic ring is 1. The van der Waals surface area contributed by atoms with Gasteiger partial charge < -0.3 is 16.2 Å². The van der Waals surface area contributed by atoms with Gasteiger partial charge >= 0.3 is 11.7 Å². The van der Waals surface area contributed by atoms with E-state index in [2.05, 4.69) is 25.3 Å². The van der Waals surface area contributed by atoms with Gasteiger partial charge in [0.1, 0.15) is 11.1 Å². The molecule has 1 aliphatic rings. The lowest BCUT2D eigenvalue weighted by molar-refractivity contribution is -0.384. The van der Waals surface area contributed by atoms with Crippen LogP contribution in [0.5, 0.6) is 0 Å². The highest BCUT2D eigenvalue weighted by Crippen LogP contribution is 2.35. The standard InChI is InChI=1S/C22H17Cl2N7O4/c23-12-2-3-13(15(24)10-12)18-14(20(32)33)11-27-21(30-18)26-9-7-22(6-1-8-28-22)17-5-4-16(31(34)35)19(25)29-17/h1-6,8,10-11H,7,9H2,(H2,25,29)(H,32,33)(H,26,27,30). The van der Waals surface area contributed by atoms with Gasteiger partial charge in [0.05, 0.1) is 21.3 Å². The van der Waals surface area contributed by atoms with Crippen molar-refractivity contribution in [3.05, 3.63) is 80.1 Å². The number of hydrogen-bond acceptors (Lipinski definition) is 9. The quantitative estimate of drug-likeness (QED) is 0.292. The average Bonchev–Trinajstić information content (AvgIpc) is 3.28. The van der Waals surface area contributed by atoms with Gasteiger partial charge in [0.2, 0.25) is 11.8 Å². The number of aliphatic imine (C=N–C) groups is 1. The molecule has 11 nitrogen and oxygen atoms in total. The number of nitrogens with one attached hydrogen (secondary N) is 1. The average molecular weight is 514 g/mol. The lowest BCUT2D eigenvalue weighted by atomic mass is 9.91. The minimum atomic E-state index is -1.20. The highest BCUT2D eigenvalue weighted by molar-refractivity contribution is 6.36. The SMILES string of the molecule is Nc1nc(C2(CCNc3ncc(C(=O)O)c(-c4ccc(Cl)cc4Cl)n3)C=CC=N2)ccc1[N+](=O)[O-]. The van der Waals surface area contributed by atoms with Gasteiger partial charge in [0, 0.05) is 35.6 Å². The van der Waals surface area contributed by atoms with Crippen LogP contribution in [0.15, 0.2) is 53.7 Å². The van der Waals surface area contributed by atoms with Crippen molar-refractivity contribution in [2.24, 2.45) is 4.99 Å². The summed E-state index contributed by atoms with van der Waals surface area (Å²) in [4.78, 5) is 39.3. The monoisotopic (exact) mass is 513 g/mol. The van der Waals surface area contributed by atoms with Crippen molar-refractivity contribution in [1.82, 2.24) is 15.0 Å². The molecule has 3 heterocycles. The summed E-state index contributed by atoms with van der Waals surface area (Å²) in [6.07, 6.45) is 6.75. The Balaban J connectivity index is 1.58. The number of nitrogens with zero attached hydrogens (tertiary/aromatic N) is 5. The molecule has 1 aliphatic heterocycles. The Morgan fingerprint density at radius 1 is 1.23 bits per heavy atom. The van der Waals surface area contributed by atoms with E-state index in [1.807, 2.05) is 6.08 Å². The van der Waals surface area contributed by atoms with Crippen LogP contribution < -0.4 is 11.1 Å². The number of allylic oxidation sites excluding steroid dienone is 1. The van der Waals surface area contributed by atoms with Gasteiger partial charge in [0.25, 0.3) is 0 Å². The fourth-order valence-corrected chi connectivity index (χ4v) is 4.09. The van der Waals surface area contributed by atoms with Crippen LogP contribution in [0.25, 0.3) is 11.3 Å². The van der Waals surface area contributed by atoms with Crippen molar-refractivity contribution < 1.29 is 14.8 Å². The van der Waals surface area contributed by atoms with Gasteiger partial charge in [-0.05, 0) is 42.8 Å². The summed E-state index contributed by atoms with van der Waals surface area (Å²) in [6.45, 7) is 0.306. The van der Waals surface area contributed by atoms with Gasteiger partial charge in [0.15, 0.2) is 0 Å². The molecule has 2 aromatic heterocycles. The summed E-state index contributed by atoms with van der Waals surface area (Å²) in [5.41, 5.74) is 5.45. The maximum Gasteiger partial charge on any atom is 0.339 e. The Morgan fingerprint density at radius 3 is 2.66 bits per heavy atom. The minimum absolute atomic E-state index is 0.120. The van der Waals surface area contributed by atoms with Crippen molar-refractivity contribution in [2.75, 3.05) is 17.6 Å². The smallest absolute Gasteiger partial charge is 0.339 e. The van der Waals surface area contributed by atoms with Gasteiger partial charge in [-0.2, -0.15) is 0 Å². The largest absolute Gasteiger partial charge is 0.478 e. The number of nitrogens with two attached hydrogens (primary N) is 1. The molecule has 0 bridgehead atoms. The van der Waals surface area contributed by atoms with E-state index in [9.17, 15) is 20.0 Å². The van der Waals surface area contributed by atoms with E-state index in [-0.39, 0.29) is 33.7 Å². The molecular weight excluding hydrogens is 497 g/mol. The molecule has 0 fully saturated rings. The Hall–Kier alpha value is -4.09. The number of rotatable bonds is 8. The highest BCUT2D eigenvalue weighted by atomic mass is 35.5. The molecule has 4 rings (SSSR count). The molecule has 0 saturated heterocycles. The summed E-state index contributed by atoms with van der Waals surface area (Å²) in [5.74, 6) is -1.23. The van der Waals surface area contributed by atoms with E-state index in [1.54, 1.807) is 24.4 Å². The summed E-state index contributed by atoms with van der Waals surface area (Å²) in [6, 6.07) is 7.47. The number of carbonyl (C=O) groups is 1. The van der Waals surface area contributed by atoms with Crippen LogP contribution in [-0.4, -0.2) is 43.7 Å². The molecule has 0 spiro atoms. The lowest BCUT2D eigenvalue weighted by Crippen LogP contribution is -2.25. The van der Waals surface area contributed by atoms with Gasteiger partial charge in [-0.25, -0.2) is 19.7 Å². The van der Waals surface area contributed by atoms with Crippen molar-refractivity contribution in [2.45, 2.75) is 12.0 Å². The normalized spacial score (nSPS) is 16.4. The zero-order valence-electron chi connectivity index (χ0n) is 17.9. The number of pyridine rings is 1. The van der Waals surface area contributed by atoms with Crippen LogP contribution in [-0.2, 0) is 5.54 Å². The maximum atomic E-state index is 11.7. The topological polar surface area (TPSA) is 170 Å². The Labute approximate surface area is 208 Å². The fraction of sp³-hybridized carbons (Fsp3) is 0.136. The predicted molar refractivity (Wildman–Crippen MR) is 132 cm³/mol. The predicted octanol–water partition coefficient (Wildman–Crippen LogP) is 4.37. The van der Waals surface area contributed by atoms with Gasteiger partial charge in [-0.15, -0.1) is 0 Å². The molecule has 1 aromatic carbocycles. The minimum Gasteiger partial charge on any atom is -0.478 e. The zero-order chi connectivity index (χ0) is 25.2. The number of anilines is 2. The van der Waals surface area contributed by atoms with E-state index >= 15 is 0 Å². The molecule has 1 atom stereocenters. The molecule has 3 aromatic rings. The second-order valence-corrected chi connectivity index (χ2v) is 8.33. The molecular formula is C22H17Cl2N7O4. The van der Waals surface area contributed by atoms with Gasteiger partial charge in [-0.3, -0.25) is 15.1 Å². The Kier molecular flexibility index (Phi) is 6.63.